The van der Waals surface area contributed by atoms with Crippen molar-refractivity contribution in [2.24, 2.45) is 0 Å². The zero-order valence-corrected chi connectivity index (χ0v) is 12.2. The second-order valence-corrected chi connectivity index (χ2v) is 5.12. The maximum absolute atomic E-state index is 5.82. The number of hydrogen-bond acceptors (Lipinski definition) is 5. The monoisotopic (exact) mass is 284 g/mol. The Bertz CT molecular complexity index is 609. The van der Waals surface area contributed by atoms with Gasteiger partial charge in [0.2, 0.25) is 0 Å². The number of anilines is 3. The molecular formula is C16H20N4O. The van der Waals surface area contributed by atoms with Crippen LogP contribution in [0.5, 0.6) is 5.75 Å². The number of pyridine rings is 1. The Morgan fingerprint density at radius 3 is 2.52 bits per heavy atom. The molecule has 110 valence electrons. The first kappa shape index (κ1) is 13.5. The van der Waals surface area contributed by atoms with E-state index in [2.05, 4.69) is 26.9 Å². The zero-order valence-electron chi connectivity index (χ0n) is 12.2. The molecule has 2 aromatic rings. The molecule has 0 bridgehead atoms. The molecule has 0 atom stereocenters. The van der Waals surface area contributed by atoms with Crippen LogP contribution in [0, 0.1) is 0 Å². The number of rotatable bonds is 3. The zero-order chi connectivity index (χ0) is 14.7. The molecule has 1 aromatic heterocycles. The largest absolute Gasteiger partial charge is 0.497 e. The van der Waals surface area contributed by atoms with Crippen molar-refractivity contribution in [1.29, 1.82) is 0 Å². The van der Waals surface area contributed by atoms with Crippen LogP contribution in [0.4, 0.5) is 17.2 Å². The Morgan fingerprint density at radius 2 is 1.81 bits per heavy atom. The van der Waals surface area contributed by atoms with Crippen molar-refractivity contribution >= 4 is 17.2 Å². The van der Waals surface area contributed by atoms with E-state index in [4.69, 9.17) is 10.5 Å². The second kappa shape index (κ2) is 5.91. The van der Waals surface area contributed by atoms with Crippen LogP contribution in [0.3, 0.4) is 0 Å². The molecular weight excluding hydrogens is 264 g/mol. The van der Waals surface area contributed by atoms with Gasteiger partial charge in [0.1, 0.15) is 11.6 Å². The van der Waals surface area contributed by atoms with Crippen LogP contribution in [0.25, 0.3) is 0 Å². The summed E-state index contributed by atoms with van der Waals surface area (Å²) in [5.41, 5.74) is 7.79. The quantitative estimate of drug-likeness (QED) is 0.934. The van der Waals surface area contributed by atoms with Crippen LogP contribution in [-0.4, -0.2) is 38.3 Å². The minimum atomic E-state index is 0.759. The van der Waals surface area contributed by atoms with E-state index in [-0.39, 0.29) is 0 Å². The van der Waals surface area contributed by atoms with Crippen molar-refractivity contribution < 1.29 is 4.74 Å². The van der Waals surface area contributed by atoms with Crippen LogP contribution in [0.1, 0.15) is 0 Å². The van der Waals surface area contributed by atoms with Crippen LogP contribution in [0.15, 0.2) is 42.6 Å². The molecule has 21 heavy (non-hydrogen) atoms. The minimum Gasteiger partial charge on any atom is -0.497 e. The standard InChI is InChI=1S/C16H20N4O/c1-21-15-4-2-3-14(12-15)19-7-9-20(10-8-19)16-11-13(17)5-6-18-16/h2-6,11-12H,7-10H2,1H3,(H2,17,18). The summed E-state index contributed by atoms with van der Waals surface area (Å²) in [7, 11) is 1.70. The molecule has 1 aliphatic heterocycles. The lowest BCUT2D eigenvalue weighted by Crippen LogP contribution is -2.46. The fourth-order valence-corrected chi connectivity index (χ4v) is 2.61. The van der Waals surface area contributed by atoms with Gasteiger partial charge < -0.3 is 20.3 Å². The molecule has 1 aromatic carbocycles. The van der Waals surface area contributed by atoms with Crippen LogP contribution in [0.2, 0.25) is 0 Å². The van der Waals surface area contributed by atoms with E-state index >= 15 is 0 Å². The predicted octanol–water partition coefficient (Wildman–Crippen LogP) is 2.00. The first-order valence-corrected chi connectivity index (χ1v) is 7.12. The predicted molar refractivity (Wildman–Crippen MR) is 86.1 cm³/mol. The van der Waals surface area contributed by atoms with E-state index in [0.717, 1.165) is 43.4 Å². The Labute approximate surface area is 125 Å². The van der Waals surface area contributed by atoms with Gasteiger partial charge in [-0.3, -0.25) is 0 Å². The van der Waals surface area contributed by atoms with Crippen LogP contribution < -0.4 is 20.3 Å². The number of hydrogen-bond donors (Lipinski definition) is 1. The Hall–Kier alpha value is -2.43. The maximum atomic E-state index is 5.82. The number of ether oxygens (including phenoxy) is 1. The Balaban J connectivity index is 1.67. The summed E-state index contributed by atoms with van der Waals surface area (Å²) in [6, 6.07) is 11.9. The summed E-state index contributed by atoms with van der Waals surface area (Å²) in [5.74, 6) is 1.85. The molecule has 1 aliphatic rings. The number of nitrogens with zero attached hydrogens (tertiary/aromatic N) is 3. The van der Waals surface area contributed by atoms with E-state index < -0.39 is 0 Å². The normalized spacial score (nSPS) is 15.1. The Morgan fingerprint density at radius 1 is 1.05 bits per heavy atom. The number of piperazine rings is 1. The van der Waals surface area contributed by atoms with Crippen molar-refractivity contribution in [2.75, 3.05) is 48.8 Å². The van der Waals surface area contributed by atoms with Gasteiger partial charge in [-0.1, -0.05) is 6.07 Å². The number of benzene rings is 1. The van der Waals surface area contributed by atoms with E-state index in [0.29, 0.717) is 0 Å². The molecule has 5 heteroatoms. The Kier molecular flexibility index (Phi) is 3.81. The smallest absolute Gasteiger partial charge is 0.130 e. The molecule has 5 nitrogen and oxygen atoms in total. The molecule has 3 rings (SSSR count). The molecule has 1 fully saturated rings. The van der Waals surface area contributed by atoms with Crippen LogP contribution >= 0.6 is 0 Å². The summed E-state index contributed by atoms with van der Waals surface area (Å²) < 4.78 is 5.29. The third-order valence-electron chi connectivity index (χ3n) is 3.79. The van der Waals surface area contributed by atoms with Gasteiger partial charge in [-0.05, 0) is 18.2 Å². The van der Waals surface area contributed by atoms with Gasteiger partial charge in [0.05, 0.1) is 7.11 Å². The van der Waals surface area contributed by atoms with Gasteiger partial charge in [0.15, 0.2) is 0 Å². The van der Waals surface area contributed by atoms with Gasteiger partial charge >= 0.3 is 0 Å². The van der Waals surface area contributed by atoms with Gasteiger partial charge in [-0.25, -0.2) is 4.98 Å². The van der Waals surface area contributed by atoms with Crippen LogP contribution in [-0.2, 0) is 0 Å². The highest BCUT2D eigenvalue weighted by molar-refractivity contribution is 5.54. The molecule has 0 spiro atoms. The second-order valence-electron chi connectivity index (χ2n) is 5.12. The molecule has 0 unspecified atom stereocenters. The topological polar surface area (TPSA) is 54.6 Å². The van der Waals surface area contributed by atoms with E-state index in [1.807, 2.05) is 24.3 Å². The number of nitrogen functional groups attached to an aromatic ring is 1. The molecule has 0 amide bonds. The van der Waals surface area contributed by atoms with E-state index in [1.54, 1.807) is 13.3 Å². The highest BCUT2D eigenvalue weighted by Gasteiger charge is 2.18. The molecule has 0 radical (unpaired) electrons. The summed E-state index contributed by atoms with van der Waals surface area (Å²) in [6.45, 7) is 3.80. The molecule has 1 saturated heterocycles. The molecule has 2 N–H and O–H groups in total. The SMILES string of the molecule is COc1cccc(N2CCN(c3cc(N)ccn3)CC2)c1. The van der Waals surface area contributed by atoms with Crippen molar-refractivity contribution in [1.82, 2.24) is 4.98 Å². The summed E-state index contributed by atoms with van der Waals surface area (Å²) in [4.78, 5) is 9.03. The fourth-order valence-electron chi connectivity index (χ4n) is 2.61. The van der Waals surface area contributed by atoms with E-state index in [1.165, 1.54) is 5.69 Å². The average molecular weight is 284 g/mol. The lowest BCUT2D eigenvalue weighted by atomic mass is 10.2. The van der Waals surface area contributed by atoms with Crippen molar-refractivity contribution in [3.05, 3.63) is 42.6 Å². The van der Waals surface area contributed by atoms with Crippen molar-refractivity contribution in [3.63, 3.8) is 0 Å². The maximum Gasteiger partial charge on any atom is 0.130 e. The summed E-state index contributed by atoms with van der Waals surface area (Å²) >= 11 is 0. The average Bonchev–Trinajstić information content (AvgIpc) is 2.55. The fraction of sp³-hybridized carbons (Fsp3) is 0.312. The first-order chi connectivity index (χ1) is 10.3. The summed E-state index contributed by atoms with van der Waals surface area (Å²) in [6.07, 6.45) is 1.76. The van der Waals surface area contributed by atoms with Gasteiger partial charge in [0, 0.05) is 55.9 Å². The molecule has 0 saturated carbocycles. The minimum absolute atomic E-state index is 0.759. The van der Waals surface area contributed by atoms with Gasteiger partial charge in [-0.15, -0.1) is 0 Å². The molecule has 0 aliphatic carbocycles. The lowest BCUT2D eigenvalue weighted by molar-refractivity contribution is 0.414. The third kappa shape index (κ3) is 3.02. The lowest BCUT2D eigenvalue weighted by Gasteiger charge is -2.36. The third-order valence-corrected chi connectivity index (χ3v) is 3.79. The highest BCUT2D eigenvalue weighted by atomic mass is 16.5. The van der Waals surface area contributed by atoms with Crippen molar-refractivity contribution in [3.8, 4) is 5.75 Å². The highest BCUT2D eigenvalue weighted by Crippen LogP contribution is 2.23. The number of methoxy groups -OCH3 is 1. The van der Waals surface area contributed by atoms with E-state index in [9.17, 15) is 0 Å². The van der Waals surface area contributed by atoms with Crippen molar-refractivity contribution in [2.45, 2.75) is 0 Å². The first-order valence-electron chi connectivity index (χ1n) is 7.12. The van der Waals surface area contributed by atoms with Gasteiger partial charge in [-0.2, -0.15) is 0 Å². The molecule has 2 heterocycles. The number of aromatic nitrogens is 1. The number of nitrogens with two attached hydrogens (primary N) is 1. The summed E-state index contributed by atoms with van der Waals surface area (Å²) in [5, 5.41) is 0. The van der Waals surface area contributed by atoms with Gasteiger partial charge in [0.25, 0.3) is 0 Å².